The molecule has 58 heavy (non-hydrogen) atoms. The Labute approximate surface area is 319 Å². The van der Waals surface area contributed by atoms with Crippen LogP contribution in [0.2, 0.25) is 13.1 Å². The van der Waals surface area contributed by atoms with Crippen LogP contribution in [0, 0.1) is 111 Å². The zero-order valence-electron chi connectivity index (χ0n) is 29.2. The van der Waals surface area contributed by atoms with Crippen molar-refractivity contribution < 1.29 is 88.3 Å². The predicted molar refractivity (Wildman–Crippen MR) is 175 cm³/mol. The summed E-state index contributed by atoms with van der Waals surface area (Å²) in [4.78, 5) is 1.46. The van der Waals surface area contributed by atoms with Crippen molar-refractivity contribution in [2.24, 2.45) is 0 Å². The Balaban J connectivity index is 0.000000648. The number of benzene rings is 5. The lowest BCUT2D eigenvalue weighted by molar-refractivity contribution is -0.872. The SMILES string of the molecule is C[NH+](C)Cc1ccccc1.C[Si](C)(Cl)c1c(F)c(F)c([B-](c2c(F)c(F)c(F)c(F)c2F)(c2c(F)c(F)c(F)c(F)c2F)c2c(F)c(F)c(F)c(F)c2F)c(F)c1F. The summed E-state index contributed by atoms with van der Waals surface area (Å²) in [5.41, 5.74) is -12.4. The molecule has 0 atom stereocenters. The van der Waals surface area contributed by atoms with Crippen LogP contribution in [0.3, 0.4) is 0 Å². The standard InChI is InChI=1S/C26H6BClF19Si.C9H13N/c1-48(2,28)26-24(46)13(35)6(14(36)25(26)47)27(3-7(29)15(37)21(43)16(38)8(3)30,4-9(31)17(39)22(44)18(40)10(4)32)5-11(33)19(41)23(45)20(42)12(5)34;1-10(2)8-9-6-4-3-5-7-9/h1-2H3;3-7H,8H2,1-2H3/q-1;/p+1. The first kappa shape index (κ1) is 46.0. The van der Waals surface area contributed by atoms with Gasteiger partial charge in [-0.05, 0) is 0 Å². The molecule has 0 aromatic heterocycles. The molecule has 0 aliphatic rings. The third-order valence-corrected chi connectivity index (χ3v) is 11.0. The summed E-state index contributed by atoms with van der Waals surface area (Å²) in [5, 5.41) is -1.86. The normalized spacial score (nSPS) is 12.0. The molecule has 0 unspecified atom stereocenters. The van der Waals surface area contributed by atoms with E-state index in [4.69, 9.17) is 11.1 Å². The highest BCUT2D eigenvalue weighted by atomic mass is 35.6. The lowest BCUT2D eigenvalue weighted by Gasteiger charge is -2.45. The number of hydrogen-bond acceptors (Lipinski definition) is 0. The lowest BCUT2D eigenvalue weighted by atomic mass is 9.12. The van der Waals surface area contributed by atoms with Gasteiger partial charge in [-0.25, -0.2) is 83.4 Å². The predicted octanol–water partition coefficient (Wildman–Crippen LogP) is 6.69. The number of hydrogen-bond donors (Lipinski definition) is 1. The van der Waals surface area contributed by atoms with Crippen molar-refractivity contribution in [2.75, 3.05) is 14.1 Å². The zero-order chi connectivity index (χ0) is 44.3. The summed E-state index contributed by atoms with van der Waals surface area (Å²) in [6, 6.07) is 10.5. The third kappa shape index (κ3) is 7.31. The maximum absolute atomic E-state index is 16.1. The molecule has 312 valence electrons. The van der Waals surface area contributed by atoms with Crippen molar-refractivity contribution in [2.45, 2.75) is 19.6 Å². The van der Waals surface area contributed by atoms with E-state index in [1.807, 2.05) is 0 Å². The first-order valence-electron chi connectivity index (χ1n) is 15.8. The van der Waals surface area contributed by atoms with Gasteiger partial charge in [0.1, 0.15) is 59.2 Å². The molecule has 0 heterocycles. The van der Waals surface area contributed by atoms with Crippen LogP contribution in [-0.2, 0) is 6.54 Å². The van der Waals surface area contributed by atoms with Gasteiger partial charge in [-0.1, -0.05) is 43.4 Å². The summed E-state index contributed by atoms with van der Waals surface area (Å²) in [6.45, 7) is 2.51. The fraction of sp³-hybridized carbons (Fsp3) is 0.143. The van der Waals surface area contributed by atoms with Gasteiger partial charge in [0.25, 0.3) is 0 Å². The summed E-state index contributed by atoms with van der Waals surface area (Å²) in [6.07, 6.45) is -7.12. The Morgan fingerprint density at radius 2 is 0.621 bits per heavy atom. The molecule has 5 aromatic carbocycles. The topological polar surface area (TPSA) is 4.44 Å². The zero-order valence-corrected chi connectivity index (χ0v) is 31.0. The molecule has 5 aromatic rings. The third-order valence-electron chi connectivity index (χ3n) is 8.76. The van der Waals surface area contributed by atoms with Crippen LogP contribution in [0.25, 0.3) is 0 Å². The lowest BCUT2D eigenvalue weighted by Crippen LogP contribution is -3.04. The summed E-state index contributed by atoms with van der Waals surface area (Å²) >= 11 is 5.81. The minimum atomic E-state index is -7.12. The molecule has 0 amide bonds. The van der Waals surface area contributed by atoms with E-state index >= 15 is 43.9 Å². The quantitative estimate of drug-likeness (QED) is 0.0612. The highest BCUT2D eigenvalue weighted by Crippen LogP contribution is 2.30. The van der Waals surface area contributed by atoms with Crippen LogP contribution >= 0.6 is 11.1 Å². The maximum atomic E-state index is 16.1. The highest BCUT2D eigenvalue weighted by molar-refractivity contribution is 7.26. The molecular weight excluding hydrogens is 870 g/mol. The van der Waals surface area contributed by atoms with E-state index in [9.17, 15) is 39.5 Å². The largest absolute Gasteiger partial charge is 0.336 e. The fourth-order valence-electron chi connectivity index (χ4n) is 6.43. The summed E-state index contributed by atoms with van der Waals surface area (Å²) in [7, 11) is -0.0312. The second-order valence-electron chi connectivity index (χ2n) is 13.2. The Kier molecular flexibility index (Phi) is 13.1. The first-order chi connectivity index (χ1) is 26.7. The van der Waals surface area contributed by atoms with Gasteiger partial charge in [0.2, 0.25) is 0 Å². The van der Waals surface area contributed by atoms with Crippen LogP contribution in [0.15, 0.2) is 30.3 Å². The van der Waals surface area contributed by atoms with Crippen LogP contribution in [0.5, 0.6) is 0 Å². The van der Waals surface area contributed by atoms with Gasteiger partial charge in [-0.15, -0.1) is 21.9 Å². The number of nitrogens with one attached hydrogen (secondary N) is 1. The number of rotatable bonds is 7. The smallest absolute Gasteiger partial charge is 0.200 e. The van der Waals surface area contributed by atoms with Gasteiger partial charge in [-0.2, -0.15) is 11.1 Å². The molecule has 0 fully saturated rings. The molecule has 23 heteroatoms. The maximum Gasteiger partial charge on any atom is 0.200 e. The van der Waals surface area contributed by atoms with Crippen molar-refractivity contribution in [3.05, 3.63) is 146 Å². The van der Waals surface area contributed by atoms with Crippen LogP contribution < -0.4 is 31.9 Å². The second kappa shape index (κ2) is 16.5. The van der Waals surface area contributed by atoms with Gasteiger partial charge in [-0.3, -0.25) is 0 Å². The molecule has 5 rings (SSSR count). The Bertz CT molecular complexity index is 2170. The molecule has 0 bridgehead atoms. The van der Waals surface area contributed by atoms with Crippen molar-refractivity contribution in [1.82, 2.24) is 0 Å². The average Bonchev–Trinajstić information content (AvgIpc) is 3.15. The van der Waals surface area contributed by atoms with Crippen LogP contribution in [0.1, 0.15) is 5.56 Å². The van der Waals surface area contributed by atoms with Gasteiger partial charge in [0.15, 0.2) is 71.4 Å². The van der Waals surface area contributed by atoms with Crippen LogP contribution in [-0.4, -0.2) is 27.6 Å². The van der Waals surface area contributed by atoms with Crippen molar-refractivity contribution >= 4 is 51.6 Å². The molecule has 0 saturated heterocycles. The number of halogens is 20. The molecule has 0 aliphatic carbocycles. The molecule has 0 saturated carbocycles. The molecule has 0 radical (unpaired) electrons. The Morgan fingerprint density at radius 1 is 0.397 bits per heavy atom. The van der Waals surface area contributed by atoms with Crippen LogP contribution in [0.4, 0.5) is 83.4 Å². The molecular formula is C35H20BClF19NSi. The van der Waals surface area contributed by atoms with Crippen molar-refractivity contribution in [1.29, 1.82) is 0 Å². The monoisotopic (exact) mass is 889 g/mol. The minimum absolute atomic E-state index is 0.700. The average molecular weight is 890 g/mol. The first-order valence-corrected chi connectivity index (χ1v) is 19.8. The van der Waals surface area contributed by atoms with Gasteiger partial charge >= 0.3 is 0 Å². The minimum Gasteiger partial charge on any atom is -0.336 e. The number of quaternary nitrogens is 1. The van der Waals surface area contributed by atoms with Gasteiger partial charge in [0, 0.05) is 10.8 Å². The van der Waals surface area contributed by atoms with E-state index in [2.05, 4.69) is 44.4 Å². The molecule has 1 N–H and O–H groups in total. The fourth-order valence-corrected chi connectivity index (χ4v) is 8.19. The van der Waals surface area contributed by atoms with E-state index in [0.717, 1.165) is 6.54 Å². The van der Waals surface area contributed by atoms with Gasteiger partial charge < -0.3 is 4.90 Å². The summed E-state index contributed by atoms with van der Waals surface area (Å²) in [5.74, 6) is -65.2. The molecule has 0 spiro atoms. The Hall–Kier alpha value is -4.70. The van der Waals surface area contributed by atoms with E-state index in [-0.39, 0.29) is 0 Å². The van der Waals surface area contributed by atoms with E-state index < -0.39 is 151 Å². The van der Waals surface area contributed by atoms with Crippen molar-refractivity contribution in [3.63, 3.8) is 0 Å². The van der Waals surface area contributed by atoms with Gasteiger partial charge in [0.05, 0.1) is 14.1 Å². The Morgan fingerprint density at radius 3 is 0.845 bits per heavy atom. The van der Waals surface area contributed by atoms with E-state index in [1.165, 1.54) is 10.5 Å². The van der Waals surface area contributed by atoms with E-state index in [1.54, 1.807) is 0 Å². The summed E-state index contributed by atoms with van der Waals surface area (Å²) < 4.78 is 287. The van der Waals surface area contributed by atoms with E-state index in [0.29, 0.717) is 13.1 Å². The highest BCUT2D eigenvalue weighted by Gasteiger charge is 2.52. The molecule has 1 nitrogen and oxygen atoms in total. The van der Waals surface area contributed by atoms with Crippen molar-refractivity contribution in [3.8, 4) is 0 Å². The molecule has 0 aliphatic heterocycles. The second-order valence-corrected chi connectivity index (χ2v) is 19.5.